The Hall–Kier alpha value is -7.95. The second-order valence-corrected chi connectivity index (χ2v) is 12.2. The maximum Gasteiger partial charge on any atom is 0.164 e. The van der Waals surface area contributed by atoms with Crippen molar-refractivity contribution in [3.05, 3.63) is 157 Å². The summed E-state index contributed by atoms with van der Waals surface area (Å²) in [6.45, 7) is 0. The zero-order valence-corrected chi connectivity index (χ0v) is 27.8. The summed E-state index contributed by atoms with van der Waals surface area (Å²) in [6.07, 6.45) is 6.02. The van der Waals surface area contributed by atoms with Crippen molar-refractivity contribution in [1.82, 2.24) is 39.5 Å². The summed E-state index contributed by atoms with van der Waals surface area (Å²) in [7, 11) is 0. The molecule has 0 aliphatic rings. The van der Waals surface area contributed by atoms with E-state index in [1.807, 2.05) is 97.1 Å². The number of aromatic nitrogens is 8. The van der Waals surface area contributed by atoms with Gasteiger partial charge in [0.05, 0.1) is 27.8 Å². The molecule has 0 unspecified atom stereocenters. The van der Waals surface area contributed by atoms with Gasteiger partial charge in [0.2, 0.25) is 0 Å². The van der Waals surface area contributed by atoms with Crippen LogP contribution < -0.4 is 0 Å². The highest BCUT2D eigenvalue weighted by atomic mass is 15.0. The van der Waals surface area contributed by atoms with E-state index in [0.29, 0.717) is 45.8 Å². The Bertz CT molecular complexity index is 2830. The molecule has 246 valence electrons. The molecule has 4 heterocycles. The zero-order chi connectivity index (χ0) is 35.7. The molecule has 0 atom stereocenters. The van der Waals surface area contributed by atoms with Gasteiger partial charge < -0.3 is 4.57 Å². The molecule has 9 aromatic rings. The van der Waals surface area contributed by atoms with Crippen molar-refractivity contribution < 1.29 is 0 Å². The summed E-state index contributed by atoms with van der Waals surface area (Å²) in [5.74, 6) is 2.64. The molecule has 10 nitrogen and oxygen atoms in total. The molecule has 0 bridgehead atoms. The minimum atomic E-state index is 0.357. The van der Waals surface area contributed by atoms with Crippen molar-refractivity contribution in [2.45, 2.75) is 0 Å². The van der Waals surface area contributed by atoms with E-state index in [2.05, 4.69) is 60.9 Å². The summed E-state index contributed by atoms with van der Waals surface area (Å²) >= 11 is 0. The lowest BCUT2D eigenvalue weighted by Gasteiger charge is -2.15. The Labute approximate surface area is 303 Å². The fourth-order valence-corrected chi connectivity index (χ4v) is 6.42. The first-order chi connectivity index (χ1) is 26.2. The second kappa shape index (κ2) is 13.1. The molecular formula is C43H24N10. The number of fused-ring (bicyclic) bond motifs is 3. The predicted molar refractivity (Wildman–Crippen MR) is 202 cm³/mol. The normalized spacial score (nSPS) is 11.0. The van der Waals surface area contributed by atoms with Gasteiger partial charge in [-0.1, -0.05) is 78.9 Å². The zero-order valence-electron chi connectivity index (χ0n) is 27.8. The first-order valence-electron chi connectivity index (χ1n) is 16.7. The fraction of sp³-hybridized carbons (Fsp3) is 0. The van der Waals surface area contributed by atoms with E-state index in [1.165, 1.54) is 24.8 Å². The van der Waals surface area contributed by atoms with Gasteiger partial charge in [-0.05, 0) is 42.5 Å². The minimum Gasteiger partial charge on any atom is -0.309 e. The Morgan fingerprint density at radius 1 is 0.415 bits per heavy atom. The van der Waals surface area contributed by atoms with Crippen LogP contribution in [0.3, 0.4) is 0 Å². The molecule has 0 aliphatic carbocycles. The van der Waals surface area contributed by atoms with Crippen LogP contribution in [0.15, 0.2) is 146 Å². The molecule has 0 amide bonds. The lowest BCUT2D eigenvalue weighted by atomic mass is 10.1. The lowest BCUT2D eigenvalue weighted by molar-refractivity contribution is 1.07. The van der Waals surface area contributed by atoms with Crippen LogP contribution in [0, 0.1) is 22.7 Å². The molecule has 53 heavy (non-hydrogen) atoms. The fourth-order valence-electron chi connectivity index (χ4n) is 6.42. The van der Waals surface area contributed by atoms with E-state index < -0.39 is 0 Å². The van der Waals surface area contributed by atoms with Gasteiger partial charge >= 0.3 is 0 Å². The molecule has 0 fully saturated rings. The number of nitriles is 2. The predicted octanol–water partition coefficient (Wildman–Crippen LogP) is 8.63. The Morgan fingerprint density at radius 3 is 1.51 bits per heavy atom. The summed E-state index contributed by atoms with van der Waals surface area (Å²) in [4.78, 5) is 32.8. The third kappa shape index (κ3) is 5.69. The number of hydrogen-bond donors (Lipinski definition) is 0. The quantitative estimate of drug-likeness (QED) is 0.169. The summed E-state index contributed by atoms with van der Waals surface area (Å²) in [5.41, 5.74) is 7.56. The van der Waals surface area contributed by atoms with E-state index in [0.717, 1.165) is 49.7 Å². The van der Waals surface area contributed by atoms with E-state index in [4.69, 9.17) is 15.0 Å². The van der Waals surface area contributed by atoms with Crippen LogP contribution in [-0.2, 0) is 0 Å². The van der Waals surface area contributed by atoms with Crippen molar-refractivity contribution in [3.8, 4) is 74.8 Å². The van der Waals surface area contributed by atoms with Gasteiger partial charge in [-0.3, -0.25) is 0 Å². The summed E-state index contributed by atoms with van der Waals surface area (Å²) in [5, 5.41) is 20.8. The van der Waals surface area contributed by atoms with Crippen LogP contribution in [0.5, 0.6) is 0 Å². The van der Waals surface area contributed by atoms with Crippen LogP contribution in [0.25, 0.3) is 84.4 Å². The maximum absolute atomic E-state index is 9.44. The van der Waals surface area contributed by atoms with Gasteiger partial charge in [0.15, 0.2) is 29.1 Å². The number of benzene rings is 5. The second-order valence-electron chi connectivity index (χ2n) is 12.2. The average molecular weight is 681 g/mol. The highest BCUT2D eigenvalue weighted by molar-refractivity contribution is 6.10. The topological polar surface area (TPSA) is 143 Å². The van der Waals surface area contributed by atoms with Gasteiger partial charge in [0, 0.05) is 63.4 Å². The van der Waals surface area contributed by atoms with E-state index in [1.54, 1.807) is 0 Å². The van der Waals surface area contributed by atoms with Crippen molar-refractivity contribution >= 4 is 21.8 Å². The largest absolute Gasteiger partial charge is 0.309 e. The smallest absolute Gasteiger partial charge is 0.164 e. The van der Waals surface area contributed by atoms with E-state index in [-0.39, 0.29) is 0 Å². The van der Waals surface area contributed by atoms with Crippen LogP contribution in [0.4, 0.5) is 0 Å². The first-order valence-corrected chi connectivity index (χ1v) is 16.7. The minimum absolute atomic E-state index is 0.357. The Balaban J connectivity index is 1.25. The van der Waals surface area contributed by atoms with Crippen molar-refractivity contribution in [1.29, 1.82) is 10.5 Å². The van der Waals surface area contributed by atoms with Crippen molar-refractivity contribution in [3.63, 3.8) is 0 Å². The molecule has 0 saturated carbocycles. The molecule has 0 saturated heterocycles. The molecule has 0 N–H and O–H groups in total. The van der Waals surface area contributed by atoms with Crippen LogP contribution >= 0.6 is 0 Å². The Morgan fingerprint density at radius 2 is 0.906 bits per heavy atom. The van der Waals surface area contributed by atoms with Crippen molar-refractivity contribution in [2.24, 2.45) is 0 Å². The van der Waals surface area contributed by atoms with E-state index >= 15 is 0 Å². The molecule has 9 rings (SSSR count). The monoisotopic (exact) mass is 680 g/mol. The SMILES string of the molecule is N#Cc1cnc(-c2ccc(-n3c4ccccc4c4cc(-c5nc(-c6ccccc6)nc(-c6ccccc6)n5)ccc43)c(-c3ncc(C#N)cn3)c2)nc1. The molecule has 5 aromatic carbocycles. The number of para-hydroxylation sites is 1. The van der Waals surface area contributed by atoms with Gasteiger partial charge in [-0.2, -0.15) is 10.5 Å². The summed E-state index contributed by atoms with van der Waals surface area (Å²) in [6, 6.07) is 44.4. The molecule has 0 spiro atoms. The third-order valence-corrected chi connectivity index (χ3v) is 8.93. The standard InChI is InChI=1S/C43H24N10/c44-21-27-23-46-39(47-24-27)31-15-18-38(35(20-31)43-48-25-28(22-45)26-49-43)53-36-14-8-7-13-33(36)34-19-32(16-17-37(34)53)42-51-40(29-9-3-1-4-10-29)50-41(52-42)30-11-5-2-6-12-30/h1-20,23-26H. The van der Waals surface area contributed by atoms with Crippen molar-refractivity contribution in [2.75, 3.05) is 0 Å². The average Bonchev–Trinajstić information content (AvgIpc) is 3.57. The van der Waals surface area contributed by atoms with Crippen LogP contribution in [-0.4, -0.2) is 39.5 Å². The molecule has 0 aliphatic heterocycles. The number of nitrogens with zero attached hydrogens (tertiary/aromatic N) is 10. The lowest BCUT2D eigenvalue weighted by Crippen LogP contribution is -2.01. The van der Waals surface area contributed by atoms with Gasteiger partial charge in [-0.25, -0.2) is 34.9 Å². The molecule has 4 aromatic heterocycles. The summed E-state index contributed by atoms with van der Waals surface area (Å²) < 4.78 is 2.19. The molecule has 10 heteroatoms. The molecule has 0 radical (unpaired) electrons. The van der Waals surface area contributed by atoms with Crippen LogP contribution in [0.2, 0.25) is 0 Å². The number of rotatable bonds is 6. The van der Waals surface area contributed by atoms with Crippen LogP contribution in [0.1, 0.15) is 11.1 Å². The first kappa shape index (κ1) is 31.1. The van der Waals surface area contributed by atoms with E-state index in [9.17, 15) is 10.5 Å². The van der Waals surface area contributed by atoms with Gasteiger partial charge in [0.25, 0.3) is 0 Å². The maximum atomic E-state index is 9.44. The Kier molecular flexibility index (Phi) is 7.66. The van der Waals surface area contributed by atoms with Gasteiger partial charge in [0.1, 0.15) is 12.1 Å². The van der Waals surface area contributed by atoms with Gasteiger partial charge in [-0.15, -0.1) is 0 Å². The number of hydrogen-bond acceptors (Lipinski definition) is 9. The molecular weight excluding hydrogens is 657 g/mol. The highest BCUT2D eigenvalue weighted by Gasteiger charge is 2.20. The highest BCUT2D eigenvalue weighted by Crippen LogP contribution is 2.38. The third-order valence-electron chi connectivity index (χ3n) is 8.93.